The maximum atomic E-state index is 13.3. The zero-order valence-corrected chi connectivity index (χ0v) is 17.1. The molecule has 1 saturated heterocycles. The number of hydrogen-bond acceptors (Lipinski definition) is 3. The molecule has 164 valence electrons. The first-order valence-corrected chi connectivity index (χ1v) is 10.4. The second kappa shape index (κ2) is 9.28. The predicted molar refractivity (Wildman–Crippen MR) is 112 cm³/mol. The molecule has 2 aliphatic rings. The Kier molecular flexibility index (Phi) is 6.29. The number of benzene rings is 1. The summed E-state index contributed by atoms with van der Waals surface area (Å²) in [5, 5.41) is 5.44. The third-order valence-electron chi connectivity index (χ3n) is 5.80. The van der Waals surface area contributed by atoms with Crippen molar-refractivity contribution in [3.8, 4) is 0 Å². The van der Waals surface area contributed by atoms with Gasteiger partial charge in [-0.1, -0.05) is 12.1 Å². The van der Waals surface area contributed by atoms with E-state index < -0.39 is 12.5 Å². The molecule has 1 aromatic carbocycles. The molecule has 4 rings (SSSR count). The smallest absolute Gasteiger partial charge is 0.322 e. The van der Waals surface area contributed by atoms with Crippen molar-refractivity contribution in [2.24, 2.45) is 0 Å². The number of nitrogens with one attached hydrogen (secondary N) is 2. The number of urea groups is 2. The second-order valence-corrected chi connectivity index (χ2v) is 7.85. The molecule has 2 aliphatic heterocycles. The number of carbonyl (C=O) groups excluding carboxylic acids is 2. The van der Waals surface area contributed by atoms with Gasteiger partial charge in [0.05, 0.1) is 18.4 Å². The van der Waals surface area contributed by atoms with Crippen LogP contribution in [0.3, 0.4) is 0 Å². The number of alkyl halides is 1. The Labute approximate surface area is 179 Å². The van der Waals surface area contributed by atoms with Crippen molar-refractivity contribution < 1.29 is 18.4 Å². The number of hydrogen-bond donors (Lipinski definition) is 2. The van der Waals surface area contributed by atoms with Gasteiger partial charge in [0.1, 0.15) is 12.5 Å². The van der Waals surface area contributed by atoms with Gasteiger partial charge in [0, 0.05) is 31.9 Å². The van der Waals surface area contributed by atoms with Gasteiger partial charge in [0.15, 0.2) is 0 Å². The SMILES string of the molecule is O=C(NCCF)N1CCC(c2ccc(NC(=O)N3Cc4cc(F)cnc4C3)cc2)CC1. The summed E-state index contributed by atoms with van der Waals surface area (Å²) in [7, 11) is 0. The molecule has 9 heteroatoms. The van der Waals surface area contributed by atoms with Crippen LogP contribution in [-0.2, 0) is 13.1 Å². The summed E-state index contributed by atoms with van der Waals surface area (Å²) in [4.78, 5) is 31.8. The Morgan fingerprint density at radius 3 is 2.52 bits per heavy atom. The zero-order valence-electron chi connectivity index (χ0n) is 17.1. The van der Waals surface area contributed by atoms with Crippen LogP contribution in [0.25, 0.3) is 0 Å². The number of halogens is 2. The summed E-state index contributed by atoms with van der Waals surface area (Å²) in [5.74, 6) is -0.0631. The minimum Gasteiger partial charge on any atom is -0.335 e. The number of piperidine rings is 1. The van der Waals surface area contributed by atoms with E-state index in [4.69, 9.17) is 0 Å². The number of anilines is 1. The van der Waals surface area contributed by atoms with E-state index >= 15 is 0 Å². The summed E-state index contributed by atoms with van der Waals surface area (Å²) in [6.45, 7) is 1.43. The Hall–Kier alpha value is -3.23. The van der Waals surface area contributed by atoms with Crippen molar-refractivity contribution in [2.45, 2.75) is 31.8 Å². The van der Waals surface area contributed by atoms with E-state index in [0.29, 0.717) is 37.8 Å². The standard InChI is InChI=1S/C22H25F2N5O2/c23-7-8-25-21(30)28-9-5-16(6-10-28)15-1-3-19(4-2-15)27-22(31)29-13-17-11-18(24)12-26-20(17)14-29/h1-4,11-12,16H,5-10,13-14H2,(H,25,30)(H,27,31). The van der Waals surface area contributed by atoms with E-state index in [-0.39, 0.29) is 18.6 Å². The molecule has 0 aliphatic carbocycles. The van der Waals surface area contributed by atoms with Crippen molar-refractivity contribution in [3.05, 3.63) is 59.2 Å². The Morgan fingerprint density at radius 1 is 1.06 bits per heavy atom. The fourth-order valence-electron chi connectivity index (χ4n) is 4.10. The van der Waals surface area contributed by atoms with Gasteiger partial charge >= 0.3 is 12.1 Å². The lowest BCUT2D eigenvalue weighted by atomic mass is 9.89. The topological polar surface area (TPSA) is 77.6 Å². The lowest BCUT2D eigenvalue weighted by Crippen LogP contribution is -2.44. The van der Waals surface area contributed by atoms with Crippen molar-refractivity contribution >= 4 is 17.7 Å². The van der Waals surface area contributed by atoms with Gasteiger partial charge in [-0.25, -0.2) is 18.4 Å². The summed E-state index contributed by atoms with van der Waals surface area (Å²) >= 11 is 0. The van der Waals surface area contributed by atoms with Crippen molar-refractivity contribution in [1.29, 1.82) is 0 Å². The highest BCUT2D eigenvalue weighted by atomic mass is 19.1. The number of pyridine rings is 1. The van der Waals surface area contributed by atoms with Crippen molar-refractivity contribution in [2.75, 3.05) is 31.6 Å². The lowest BCUT2D eigenvalue weighted by Gasteiger charge is -2.32. The average Bonchev–Trinajstić information content (AvgIpc) is 3.21. The number of likely N-dealkylation sites (tertiary alicyclic amines) is 1. The van der Waals surface area contributed by atoms with Crippen molar-refractivity contribution in [3.63, 3.8) is 0 Å². The monoisotopic (exact) mass is 429 g/mol. The maximum absolute atomic E-state index is 13.3. The van der Waals surface area contributed by atoms with Crippen LogP contribution in [0.15, 0.2) is 36.5 Å². The van der Waals surface area contributed by atoms with Gasteiger partial charge < -0.3 is 20.4 Å². The quantitative estimate of drug-likeness (QED) is 0.779. The van der Waals surface area contributed by atoms with Crippen LogP contribution < -0.4 is 10.6 Å². The summed E-state index contributed by atoms with van der Waals surface area (Å²) in [5.41, 5.74) is 3.30. The molecule has 1 aromatic heterocycles. The number of rotatable bonds is 4. The normalized spacial score (nSPS) is 16.2. The van der Waals surface area contributed by atoms with Crippen LogP contribution in [-0.4, -0.2) is 53.2 Å². The molecule has 0 radical (unpaired) electrons. The van der Waals surface area contributed by atoms with Crippen LogP contribution in [0.2, 0.25) is 0 Å². The highest BCUT2D eigenvalue weighted by Crippen LogP contribution is 2.29. The summed E-state index contributed by atoms with van der Waals surface area (Å²) < 4.78 is 25.5. The molecule has 2 aromatic rings. The van der Waals surface area contributed by atoms with Gasteiger partial charge in [-0.15, -0.1) is 0 Å². The van der Waals surface area contributed by atoms with E-state index in [2.05, 4.69) is 15.6 Å². The summed E-state index contributed by atoms with van der Waals surface area (Å²) in [6, 6.07) is 8.68. The molecule has 0 atom stereocenters. The molecule has 3 heterocycles. The lowest BCUT2D eigenvalue weighted by molar-refractivity contribution is 0.180. The van der Waals surface area contributed by atoms with E-state index in [1.54, 1.807) is 9.80 Å². The minimum atomic E-state index is -0.564. The highest BCUT2D eigenvalue weighted by Gasteiger charge is 2.26. The Balaban J connectivity index is 1.28. The molecular weight excluding hydrogens is 404 g/mol. The first-order chi connectivity index (χ1) is 15.0. The Bertz CT molecular complexity index is 945. The predicted octanol–water partition coefficient (Wildman–Crippen LogP) is 3.63. The van der Waals surface area contributed by atoms with Gasteiger partial charge in [0.25, 0.3) is 0 Å². The minimum absolute atomic E-state index is 0.0445. The molecule has 0 unspecified atom stereocenters. The molecule has 31 heavy (non-hydrogen) atoms. The number of aromatic nitrogens is 1. The molecule has 0 saturated carbocycles. The molecule has 7 nitrogen and oxygen atoms in total. The second-order valence-electron chi connectivity index (χ2n) is 7.85. The fraction of sp³-hybridized carbons (Fsp3) is 0.409. The maximum Gasteiger partial charge on any atom is 0.322 e. The van der Waals surface area contributed by atoms with Gasteiger partial charge in [-0.3, -0.25) is 4.98 Å². The first-order valence-electron chi connectivity index (χ1n) is 10.4. The summed E-state index contributed by atoms with van der Waals surface area (Å²) in [6.07, 6.45) is 2.84. The first kappa shape index (κ1) is 21.0. The third kappa shape index (κ3) is 4.92. The van der Waals surface area contributed by atoms with E-state index in [1.165, 1.54) is 12.3 Å². The van der Waals surface area contributed by atoms with E-state index in [0.717, 1.165) is 29.7 Å². The van der Waals surface area contributed by atoms with Gasteiger partial charge in [-0.2, -0.15) is 0 Å². The number of fused-ring (bicyclic) bond motifs is 1. The average molecular weight is 429 g/mol. The van der Waals surface area contributed by atoms with Gasteiger partial charge in [-0.05, 0) is 48.1 Å². The van der Waals surface area contributed by atoms with E-state index in [1.807, 2.05) is 24.3 Å². The van der Waals surface area contributed by atoms with Crippen LogP contribution in [0.4, 0.5) is 24.1 Å². The molecule has 0 bridgehead atoms. The zero-order chi connectivity index (χ0) is 21.8. The molecule has 4 amide bonds. The van der Waals surface area contributed by atoms with Gasteiger partial charge in [0.2, 0.25) is 0 Å². The number of carbonyl (C=O) groups is 2. The third-order valence-corrected chi connectivity index (χ3v) is 5.80. The molecule has 2 N–H and O–H groups in total. The van der Waals surface area contributed by atoms with E-state index in [9.17, 15) is 18.4 Å². The Morgan fingerprint density at radius 2 is 1.81 bits per heavy atom. The molecule has 1 fully saturated rings. The number of amides is 4. The molecule has 0 spiro atoms. The van der Waals surface area contributed by atoms with Crippen LogP contribution in [0, 0.1) is 5.82 Å². The molecular formula is C22H25F2N5O2. The van der Waals surface area contributed by atoms with Crippen LogP contribution in [0.5, 0.6) is 0 Å². The fourth-order valence-corrected chi connectivity index (χ4v) is 4.10. The highest BCUT2D eigenvalue weighted by molar-refractivity contribution is 5.89. The van der Waals surface area contributed by atoms with Crippen LogP contribution >= 0.6 is 0 Å². The van der Waals surface area contributed by atoms with Crippen molar-refractivity contribution in [1.82, 2.24) is 20.1 Å². The van der Waals surface area contributed by atoms with Crippen LogP contribution in [0.1, 0.15) is 35.6 Å². The number of nitrogens with zero attached hydrogens (tertiary/aromatic N) is 3. The largest absolute Gasteiger partial charge is 0.335 e.